The molecular formula is C11H14O4. The van der Waals surface area contributed by atoms with Gasteiger partial charge in [-0.25, -0.2) is 0 Å². The molecule has 3 saturated carbocycles. The number of hydrogen-bond donors (Lipinski definition) is 2. The fourth-order valence-corrected chi connectivity index (χ4v) is 4.32. The van der Waals surface area contributed by atoms with E-state index in [0.29, 0.717) is 0 Å². The molecule has 3 rings (SSSR count). The molecule has 0 aromatic rings. The minimum atomic E-state index is -0.902. The lowest BCUT2D eigenvalue weighted by atomic mass is 9.79. The highest BCUT2D eigenvalue weighted by Gasteiger charge is 2.71. The van der Waals surface area contributed by atoms with Crippen molar-refractivity contribution in [1.29, 1.82) is 0 Å². The fourth-order valence-electron chi connectivity index (χ4n) is 4.32. The Bertz CT molecular complexity index is 314. The van der Waals surface area contributed by atoms with Gasteiger partial charge < -0.3 is 10.2 Å². The van der Waals surface area contributed by atoms with Crippen LogP contribution in [0.3, 0.4) is 0 Å². The van der Waals surface area contributed by atoms with Gasteiger partial charge in [0.25, 0.3) is 0 Å². The van der Waals surface area contributed by atoms with Crippen LogP contribution in [0.2, 0.25) is 0 Å². The van der Waals surface area contributed by atoms with E-state index in [4.69, 9.17) is 10.2 Å². The van der Waals surface area contributed by atoms with Crippen molar-refractivity contribution < 1.29 is 19.8 Å². The number of carboxylic acid groups (broad SMARTS) is 2. The average molecular weight is 210 g/mol. The first-order valence-electron chi connectivity index (χ1n) is 5.53. The molecule has 0 aromatic carbocycles. The van der Waals surface area contributed by atoms with Crippen molar-refractivity contribution in [2.24, 2.45) is 29.1 Å². The van der Waals surface area contributed by atoms with Crippen molar-refractivity contribution >= 4 is 11.9 Å². The summed E-state index contributed by atoms with van der Waals surface area (Å²) < 4.78 is 0. The van der Waals surface area contributed by atoms with Crippen LogP contribution in [0.4, 0.5) is 0 Å². The second-order valence-electron chi connectivity index (χ2n) is 5.25. The Balaban J connectivity index is 2.01. The minimum Gasteiger partial charge on any atom is -0.481 e. The van der Waals surface area contributed by atoms with Crippen LogP contribution < -0.4 is 0 Å². The van der Waals surface area contributed by atoms with Crippen LogP contribution in [0.15, 0.2) is 0 Å². The number of carbonyl (C=O) groups is 2. The van der Waals surface area contributed by atoms with E-state index < -0.39 is 23.8 Å². The molecule has 82 valence electrons. The van der Waals surface area contributed by atoms with Gasteiger partial charge in [0.05, 0.1) is 11.8 Å². The molecule has 2 bridgehead atoms. The molecule has 3 aliphatic rings. The number of carboxylic acids is 2. The maximum absolute atomic E-state index is 11.2. The molecule has 0 heterocycles. The van der Waals surface area contributed by atoms with Crippen molar-refractivity contribution in [3.63, 3.8) is 0 Å². The van der Waals surface area contributed by atoms with Crippen LogP contribution >= 0.6 is 0 Å². The molecule has 3 aliphatic carbocycles. The van der Waals surface area contributed by atoms with Crippen LogP contribution in [0, 0.1) is 29.1 Å². The molecule has 3 fully saturated rings. The molecule has 3 unspecified atom stereocenters. The Labute approximate surface area is 87.3 Å². The van der Waals surface area contributed by atoms with Crippen molar-refractivity contribution in [3.8, 4) is 0 Å². The first-order valence-corrected chi connectivity index (χ1v) is 5.53. The fraction of sp³-hybridized carbons (Fsp3) is 0.818. The minimum absolute atomic E-state index is 0.117. The zero-order valence-electron chi connectivity index (χ0n) is 8.35. The summed E-state index contributed by atoms with van der Waals surface area (Å²) in [6.45, 7) is 0. The third kappa shape index (κ3) is 0.924. The lowest BCUT2D eigenvalue weighted by molar-refractivity contribution is -0.156. The summed E-state index contributed by atoms with van der Waals surface area (Å²) in [7, 11) is 0. The van der Waals surface area contributed by atoms with E-state index in [1.165, 1.54) is 0 Å². The largest absolute Gasteiger partial charge is 0.481 e. The summed E-state index contributed by atoms with van der Waals surface area (Å²) in [6.07, 6.45) is 3.95. The Morgan fingerprint density at radius 1 is 0.933 bits per heavy atom. The van der Waals surface area contributed by atoms with Crippen LogP contribution in [0.25, 0.3) is 0 Å². The Hall–Kier alpha value is -1.06. The lowest BCUT2D eigenvalue weighted by Gasteiger charge is -2.23. The summed E-state index contributed by atoms with van der Waals surface area (Å²) in [5.74, 6) is -2.77. The van der Waals surface area contributed by atoms with Crippen LogP contribution in [0.1, 0.15) is 25.7 Å². The standard InChI is InChI=1S/C11H14O4/c12-9(13)7-5-1-2-6(8(7)10(14)15)11(5)3-4-11/h5-8H,1-4H2,(H,12,13)(H,14,15)/t5?,6?,7-,8?/m0/s1. The molecule has 0 saturated heterocycles. The van der Waals surface area contributed by atoms with Gasteiger partial charge in [0.1, 0.15) is 0 Å². The average Bonchev–Trinajstić information content (AvgIpc) is 2.81. The Morgan fingerprint density at radius 3 is 1.60 bits per heavy atom. The predicted octanol–water partition coefficient (Wildman–Crippen LogP) is 1.21. The normalized spacial score (nSPS) is 44.5. The molecule has 0 aliphatic heterocycles. The first-order chi connectivity index (χ1) is 7.08. The maximum Gasteiger partial charge on any atom is 0.307 e. The molecule has 4 atom stereocenters. The van der Waals surface area contributed by atoms with Gasteiger partial charge in [-0.2, -0.15) is 0 Å². The van der Waals surface area contributed by atoms with Gasteiger partial charge in [-0.3, -0.25) is 9.59 Å². The highest BCUT2D eigenvalue weighted by Crippen LogP contribution is 2.74. The third-order valence-electron chi connectivity index (χ3n) is 4.92. The van der Waals surface area contributed by atoms with Crippen molar-refractivity contribution in [1.82, 2.24) is 0 Å². The van der Waals surface area contributed by atoms with Crippen LogP contribution in [-0.4, -0.2) is 22.2 Å². The van der Waals surface area contributed by atoms with Gasteiger partial charge in [-0.1, -0.05) is 0 Å². The van der Waals surface area contributed by atoms with Gasteiger partial charge in [-0.15, -0.1) is 0 Å². The van der Waals surface area contributed by atoms with E-state index in [0.717, 1.165) is 25.7 Å². The van der Waals surface area contributed by atoms with Gasteiger partial charge in [0, 0.05) is 0 Å². The topological polar surface area (TPSA) is 74.6 Å². The van der Waals surface area contributed by atoms with Gasteiger partial charge in [-0.05, 0) is 42.9 Å². The summed E-state index contributed by atoms with van der Waals surface area (Å²) in [5.41, 5.74) is 0.117. The van der Waals surface area contributed by atoms with Crippen LogP contribution in [-0.2, 0) is 9.59 Å². The van der Waals surface area contributed by atoms with E-state index in [-0.39, 0.29) is 17.3 Å². The van der Waals surface area contributed by atoms with E-state index in [1.54, 1.807) is 0 Å². The molecule has 0 radical (unpaired) electrons. The SMILES string of the molecule is O=C(O)C1C2CCC([C@@H]1C(=O)O)C21CC1. The molecule has 4 heteroatoms. The van der Waals surface area contributed by atoms with E-state index in [2.05, 4.69) is 0 Å². The van der Waals surface area contributed by atoms with Gasteiger partial charge >= 0.3 is 11.9 Å². The predicted molar refractivity (Wildman–Crippen MR) is 50.1 cm³/mol. The second-order valence-corrected chi connectivity index (χ2v) is 5.25. The highest BCUT2D eigenvalue weighted by atomic mass is 16.4. The summed E-state index contributed by atoms with van der Waals surface area (Å²) in [4.78, 5) is 22.3. The Morgan fingerprint density at radius 2 is 1.33 bits per heavy atom. The van der Waals surface area contributed by atoms with E-state index >= 15 is 0 Å². The summed E-state index contributed by atoms with van der Waals surface area (Å²) >= 11 is 0. The number of rotatable bonds is 2. The molecular weight excluding hydrogens is 196 g/mol. The smallest absolute Gasteiger partial charge is 0.307 e. The zero-order chi connectivity index (χ0) is 10.8. The monoisotopic (exact) mass is 210 g/mol. The molecule has 1 spiro atoms. The van der Waals surface area contributed by atoms with E-state index in [1.807, 2.05) is 0 Å². The Kier molecular flexibility index (Phi) is 1.56. The number of aliphatic carboxylic acids is 2. The summed E-state index contributed by atoms with van der Waals surface area (Å²) in [6, 6.07) is 0. The number of hydrogen-bond acceptors (Lipinski definition) is 2. The molecule has 4 nitrogen and oxygen atoms in total. The van der Waals surface area contributed by atoms with Crippen molar-refractivity contribution in [3.05, 3.63) is 0 Å². The molecule has 2 N–H and O–H groups in total. The van der Waals surface area contributed by atoms with E-state index in [9.17, 15) is 9.59 Å². The molecule has 0 aromatic heterocycles. The molecule has 0 amide bonds. The van der Waals surface area contributed by atoms with Crippen molar-refractivity contribution in [2.45, 2.75) is 25.7 Å². The lowest BCUT2D eigenvalue weighted by Crippen LogP contribution is -2.34. The zero-order valence-corrected chi connectivity index (χ0v) is 8.35. The quantitative estimate of drug-likeness (QED) is 0.718. The van der Waals surface area contributed by atoms with Crippen LogP contribution in [0.5, 0.6) is 0 Å². The van der Waals surface area contributed by atoms with Crippen molar-refractivity contribution in [2.75, 3.05) is 0 Å². The van der Waals surface area contributed by atoms with Gasteiger partial charge in [0.2, 0.25) is 0 Å². The third-order valence-corrected chi connectivity index (χ3v) is 4.92. The molecule has 15 heavy (non-hydrogen) atoms. The highest BCUT2D eigenvalue weighted by molar-refractivity contribution is 5.82. The first kappa shape index (κ1) is 9.19. The van der Waals surface area contributed by atoms with Gasteiger partial charge in [0.15, 0.2) is 0 Å². The summed E-state index contributed by atoms with van der Waals surface area (Å²) in [5, 5.41) is 18.3. The maximum atomic E-state index is 11.2. The second kappa shape index (κ2) is 2.54.